The fourth-order valence-corrected chi connectivity index (χ4v) is 2.62. The first-order chi connectivity index (χ1) is 11.7. The van der Waals surface area contributed by atoms with Crippen LogP contribution in [0.5, 0.6) is 5.88 Å². The van der Waals surface area contributed by atoms with E-state index < -0.39 is 0 Å². The van der Waals surface area contributed by atoms with Crippen molar-refractivity contribution in [3.63, 3.8) is 0 Å². The number of hydrogen-bond acceptors (Lipinski definition) is 4. The van der Waals surface area contributed by atoms with Crippen molar-refractivity contribution in [1.82, 2.24) is 4.98 Å². The van der Waals surface area contributed by atoms with Crippen molar-refractivity contribution < 1.29 is 14.3 Å². The Morgan fingerprint density at radius 3 is 2.88 bits per heavy atom. The Labute approximate surface area is 140 Å². The van der Waals surface area contributed by atoms with Gasteiger partial charge in [-0.25, -0.2) is 4.98 Å². The van der Waals surface area contributed by atoms with Crippen LogP contribution < -0.4 is 15.0 Å². The van der Waals surface area contributed by atoms with Gasteiger partial charge in [-0.15, -0.1) is 0 Å². The van der Waals surface area contributed by atoms with Gasteiger partial charge in [-0.1, -0.05) is 6.07 Å². The lowest BCUT2D eigenvalue weighted by Crippen LogP contribution is -2.23. The number of carbonyl (C=O) groups excluding carboxylic acids is 2. The number of rotatable bonds is 5. The Bertz CT molecular complexity index is 743. The highest BCUT2D eigenvalue weighted by Crippen LogP contribution is 2.24. The molecule has 1 saturated heterocycles. The summed E-state index contributed by atoms with van der Waals surface area (Å²) in [6.45, 7) is 3.13. The third-order valence-corrected chi connectivity index (χ3v) is 3.78. The van der Waals surface area contributed by atoms with Crippen molar-refractivity contribution in [3.8, 4) is 5.88 Å². The molecule has 0 atom stereocenters. The molecular weight excluding hydrogens is 306 g/mol. The zero-order valence-electron chi connectivity index (χ0n) is 13.5. The first-order valence-electron chi connectivity index (χ1n) is 7.98. The zero-order chi connectivity index (χ0) is 16.9. The lowest BCUT2D eigenvalue weighted by Gasteiger charge is -2.16. The molecule has 2 heterocycles. The largest absolute Gasteiger partial charge is 0.478 e. The van der Waals surface area contributed by atoms with Gasteiger partial charge in [-0.3, -0.25) is 9.59 Å². The fraction of sp³-hybridized carbons (Fsp3) is 0.278. The van der Waals surface area contributed by atoms with Gasteiger partial charge in [0.15, 0.2) is 0 Å². The van der Waals surface area contributed by atoms with E-state index in [1.165, 1.54) is 6.20 Å². The lowest BCUT2D eigenvalue weighted by atomic mass is 10.2. The fourth-order valence-electron chi connectivity index (χ4n) is 2.62. The third-order valence-electron chi connectivity index (χ3n) is 3.78. The van der Waals surface area contributed by atoms with Crippen molar-refractivity contribution in [2.75, 3.05) is 23.4 Å². The SMILES string of the molecule is CCOc1ccc(C(=O)Nc2cccc(N3CCCC3=O)c2)cn1. The van der Waals surface area contributed by atoms with Crippen LogP contribution in [-0.4, -0.2) is 29.9 Å². The molecule has 1 aromatic carbocycles. The Morgan fingerprint density at radius 2 is 2.21 bits per heavy atom. The molecule has 0 unspecified atom stereocenters. The number of nitrogens with zero attached hydrogens (tertiary/aromatic N) is 2. The van der Waals surface area contributed by atoms with Crippen molar-refractivity contribution >= 4 is 23.2 Å². The number of carbonyl (C=O) groups is 2. The summed E-state index contributed by atoms with van der Waals surface area (Å²) in [6.07, 6.45) is 2.93. The Hall–Kier alpha value is -2.89. The van der Waals surface area contributed by atoms with E-state index in [1.807, 2.05) is 25.1 Å². The van der Waals surface area contributed by atoms with Gasteiger partial charge in [-0.2, -0.15) is 0 Å². The van der Waals surface area contributed by atoms with Gasteiger partial charge in [0, 0.05) is 36.6 Å². The summed E-state index contributed by atoms with van der Waals surface area (Å²) in [5, 5.41) is 2.83. The molecule has 0 saturated carbocycles. The predicted molar refractivity (Wildman–Crippen MR) is 91.4 cm³/mol. The summed E-state index contributed by atoms with van der Waals surface area (Å²) >= 11 is 0. The number of hydrogen-bond donors (Lipinski definition) is 1. The molecule has 124 valence electrons. The highest BCUT2D eigenvalue weighted by atomic mass is 16.5. The van der Waals surface area contributed by atoms with E-state index >= 15 is 0 Å². The van der Waals surface area contributed by atoms with Crippen LogP contribution in [0.3, 0.4) is 0 Å². The van der Waals surface area contributed by atoms with Crippen molar-refractivity contribution in [2.24, 2.45) is 0 Å². The van der Waals surface area contributed by atoms with Gasteiger partial charge in [0.2, 0.25) is 11.8 Å². The molecule has 0 bridgehead atoms. The molecule has 1 aliphatic heterocycles. The number of nitrogens with one attached hydrogen (secondary N) is 1. The van der Waals surface area contributed by atoms with Crippen LogP contribution in [0.25, 0.3) is 0 Å². The van der Waals surface area contributed by atoms with Gasteiger partial charge in [-0.05, 0) is 37.6 Å². The Kier molecular flexibility index (Phi) is 4.74. The van der Waals surface area contributed by atoms with Gasteiger partial charge < -0.3 is 15.0 Å². The molecule has 1 fully saturated rings. The molecule has 1 aliphatic rings. The molecular formula is C18H19N3O3. The van der Waals surface area contributed by atoms with Crippen LogP contribution in [0.2, 0.25) is 0 Å². The first-order valence-corrected chi connectivity index (χ1v) is 7.98. The normalized spacial score (nSPS) is 13.9. The number of benzene rings is 1. The van der Waals surface area contributed by atoms with Crippen LogP contribution >= 0.6 is 0 Å². The summed E-state index contributed by atoms with van der Waals surface area (Å²) in [7, 11) is 0. The minimum atomic E-state index is -0.254. The van der Waals surface area contributed by atoms with E-state index in [-0.39, 0.29) is 11.8 Å². The molecule has 2 aromatic rings. The molecule has 0 spiro atoms. The van der Waals surface area contributed by atoms with E-state index in [2.05, 4.69) is 10.3 Å². The molecule has 0 radical (unpaired) electrons. The summed E-state index contributed by atoms with van der Waals surface area (Å²) in [5.41, 5.74) is 1.90. The van der Waals surface area contributed by atoms with Gasteiger partial charge in [0.05, 0.1) is 12.2 Å². The molecule has 1 N–H and O–H groups in total. The van der Waals surface area contributed by atoms with Crippen LogP contribution in [0.15, 0.2) is 42.6 Å². The van der Waals surface area contributed by atoms with Gasteiger partial charge in [0.25, 0.3) is 5.91 Å². The van der Waals surface area contributed by atoms with Crippen molar-refractivity contribution in [3.05, 3.63) is 48.2 Å². The summed E-state index contributed by atoms with van der Waals surface area (Å²) < 4.78 is 5.26. The Morgan fingerprint density at radius 1 is 1.33 bits per heavy atom. The van der Waals surface area contributed by atoms with Crippen LogP contribution in [0.1, 0.15) is 30.1 Å². The molecule has 1 aromatic heterocycles. The maximum Gasteiger partial charge on any atom is 0.257 e. The molecule has 6 heteroatoms. The maximum absolute atomic E-state index is 12.3. The standard InChI is InChI=1S/C18H19N3O3/c1-2-24-16-9-8-13(12-19-16)18(23)20-14-5-3-6-15(11-14)21-10-4-7-17(21)22/h3,5-6,8-9,11-12H,2,4,7,10H2,1H3,(H,20,23). The van der Waals surface area contributed by atoms with E-state index in [0.717, 1.165) is 18.7 Å². The number of amides is 2. The van der Waals surface area contributed by atoms with E-state index in [4.69, 9.17) is 4.74 Å². The van der Waals surface area contributed by atoms with Gasteiger partial charge >= 0.3 is 0 Å². The van der Waals surface area contributed by atoms with Crippen molar-refractivity contribution in [1.29, 1.82) is 0 Å². The minimum Gasteiger partial charge on any atom is -0.478 e. The molecule has 24 heavy (non-hydrogen) atoms. The molecule has 2 amide bonds. The second-order valence-electron chi connectivity index (χ2n) is 5.47. The quantitative estimate of drug-likeness (QED) is 0.917. The Balaban J connectivity index is 1.71. The molecule has 6 nitrogen and oxygen atoms in total. The molecule has 0 aliphatic carbocycles. The van der Waals surface area contributed by atoms with Crippen LogP contribution in [0.4, 0.5) is 11.4 Å². The second-order valence-corrected chi connectivity index (χ2v) is 5.47. The van der Waals surface area contributed by atoms with E-state index in [1.54, 1.807) is 23.1 Å². The lowest BCUT2D eigenvalue weighted by molar-refractivity contribution is -0.117. The summed E-state index contributed by atoms with van der Waals surface area (Å²) in [4.78, 5) is 30.0. The minimum absolute atomic E-state index is 0.120. The topological polar surface area (TPSA) is 71.5 Å². The summed E-state index contributed by atoms with van der Waals surface area (Å²) in [6, 6.07) is 10.6. The highest BCUT2D eigenvalue weighted by molar-refractivity contribution is 6.04. The maximum atomic E-state index is 12.3. The van der Waals surface area contributed by atoms with Gasteiger partial charge in [0.1, 0.15) is 0 Å². The number of aromatic nitrogens is 1. The average molecular weight is 325 g/mol. The summed E-state index contributed by atoms with van der Waals surface area (Å²) in [5.74, 6) is 0.355. The number of anilines is 2. The smallest absolute Gasteiger partial charge is 0.257 e. The first kappa shape index (κ1) is 16.0. The highest BCUT2D eigenvalue weighted by Gasteiger charge is 2.21. The number of pyridine rings is 1. The third kappa shape index (κ3) is 3.53. The average Bonchev–Trinajstić information content (AvgIpc) is 3.02. The van der Waals surface area contributed by atoms with E-state index in [0.29, 0.717) is 30.2 Å². The van der Waals surface area contributed by atoms with Crippen LogP contribution in [0, 0.1) is 0 Å². The van der Waals surface area contributed by atoms with Crippen LogP contribution in [-0.2, 0) is 4.79 Å². The molecule has 3 rings (SSSR count). The number of ether oxygens (including phenoxy) is 1. The van der Waals surface area contributed by atoms with Crippen molar-refractivity contribution in [2.45, 2.75) is 19.8 Å². The monoisotopic (exact) mass is 325 g/mol. The van der Waals surface area contributed by atoms with E-state index in [9.17, 15) is 9.59 Å². The zero-order valence-corrected chi connectivity index (χ0v) is 13.5. The second kappa shape index (κ2) is 7.12. The predicted octanol–water partition coefficient (Wildman–Crippen LogP) is 2.86.